The first-order valence-electron chi connectivity index (χ1n) is 4.96. The molecule has 0 saturated carbocycles. The van der Waals surface area contributed by atoms with Gasteiger partial charge in [0.05, 0.1) is 0 Å². The Kier molecular flexibility index (Phi) is 4.29. The highest BCUT2D eigenvalue weighted by molar-refractivity contribution is 8.12. The zero-order chi connectivity index (χ0) is 11.4. The first-order chi connectivity index (χ1) is 7.79. The molecule has 0 aliphatic rings. The highest BCUT2D eigenvalue weighted by Crippen LogP contribution is 2.40. The van der Waals surface area contributed by atoms with E-state index in [9.17, 15) is 0 Å². The predicted octanol–water partition coefficient (Wildman–Crippen LogP) is 3.58. The number of hydrogen-bond donors (Lipinski definition) is 0. The zero-order valence-corrected chi connectivity index (χ0v) is 11.0. The predicted molar refractivity (Wildman–Crippen MR) is 76.5 cm³/mol. The summed E-state index contributed by atoms with van der Waals surface area (Å²) in [6.07, 6.45) is 0. The Morgan fingerprint density at radius 3 is 1.38 bits per heavy atom. The summed E-state index contributed by atoms with van der Waals surface area (Å²) in [7, 11) is -0.679. The van der Waals surface area contributed by atoms with E-state index in [1.165, 1.54) is 10.6 Å². The summed E-state index contributed by atoms with van der Waals surface area (Å²) in [5.74, 6) is 0. The van der Waals surface area contributed by atoms with Crippen LogP contribution in [-0.4, -0.2) is 5.26 Å². The van der Waals surface area contributed by atoms with Crippen molar-refractivity contribution in [3.63, 3.8) is 0 Å². The summed E-state index contributed by atoms with van der Waals surface area (Å²) in [4.78, 5) is 0. The summed E-state index contributed by atoms with van der Waals surface area (Å²) in [5, 5.41) is 2.04. The van der Waals surface area contributed by atoms with E-state index in [1.54, 1.807) is 0 Å². The fourth-order valence-corrected chi connectivity index (χ4v) is 4.64. The lowest BCUT2D eigenvalue weighted by molar-refractivity contribution is 1.76. The SMILES string of the molecule is ClB(Cl)P(c1ccccc1)c1ccccc1. The Hall–Kier alpha value is -0.485. The van der Waals surface area contributed by atoms with Crippen LogP contribution in [0.5, 0.6) is 0 Å². The minimum absolute atomic E-state index is 0.375. The van der Waals surface area contributed by atoms with Crippen LogP contribution in [0.2, 0.25) is 0 Å². The van der Waals surface area contributed by atoms with Gasteiger partial charge < -0.3 is 0 Å². The van der Waals surface area contributed by atoms with Gasteiger partial charge in [-0.15, -0.1) is 0 Å². The molecule has 0 aromatic heterocycles. The monoisotopic (exact) mass is 266 g/mol. The average Bonchev–Trinajstić information content (AvgIpc) is 2.31. The van der Waals surface area contributed by atoms with Gasteiger partial charge >= 0.3 is 5.26 Å². The lowest BCUT2D eigenvalue weighted by Gasteiger charge is -2.17. The van der Waals surface area contributed by atoms with Gasteiger partial charge in [0.25, 0.3) is 0 Å². The van der Waals surface area contributed by atoms with Crippen molar-refractivity contribution in [2.75, 3.05) is 0 Å². The van der Waals surface area contributed by atoms with Gasteiger partial charge in [-0.25, -0.2) is 0 Å². The summed E-state index contributed by atoms with van der Waals surface area (Å²) >= 11 is 12.2. The van der Waals surface area contributed by atoms with Crippen LogP contribution in [0, 0.1) is 0 Å². The topological polar surface area (TPSA) is 0 Å². The van der Waals surface area contributed by atoms with Crippen molar-refractivity contribution in [2.24, 2.45) is 0 Å². The lowest BCUT2D eigenvalue weighted by atomic mass is 10.4. The minimum atomic E-state index is -0.679. The highest BCUT2D eigenvalue weighted by Gasteiger charge is 2.24. The molecule has 0 nitrogen and oxygen atoms in total. The van der Waals surface area contributed by atoms with Crippen molar-refractivity contribution in [3.8, 4) is 0 Å². The molecule has 80 valence electrons. The van der Waals surface area contributed by atoms with Crippen LogP contribution in [0.3, 0.4) is 0 Å². The quantitative estimate of drug-likeness (QED) is 0.589. The first kappa shape index (κ1) is 12.0. The van der Waals surface area contributed by atoms with Crippen molar-refractivity contribution in [1.82, 2.24) is 0 Å². The molecule has 0 bridgehead atoms. The first-order valence-corrected chi connectivity index (χ1v) is 7.25. The van der Waals surface area contributed by atoms with Gasteiger partial charge in [0.15, 0.2) is 0 Å². The molecule has 0 saturated heterocycles. The molecular weight excluding hydrogens is 257 g/mol. The molecular formula is C12H10BCl2P. The van der Waals surface area contributed by atoms with Gasteiger partial charge in [-0.1, -0.05) is 60.7 Å². The molecule has 2 aromatic carbocycles. The van der Waals surface area contributed by atoms with E-state index >= 15 is 0 Å². The maximum absolute atomic E-state index is 6.11. The van der Waals surface area contributed by atoms with Crippen molar-refractivity contribution >= 4 is 46.6 Å². The number of rotatable bonds is 3. The maximum Gasteiger partial charge on any atom is 0.386 e. The Labute approximate surface area is 107 Å². The molecule has 0 aliphatic heterocycles. The van der Waals surface area contributed by atoms with Crippen molar-refractivity contribution < 1.29 is 0 Å². The van der Waals surface area contributed by atoms with Crippen LogP contribution in [-0.2, 0) is 0 Å². The van der Waals surface area contributed by atoms with Crippen LogP contribution < -0.4 is 10.6 Å². The lowest BCUT2D eigenvalue weighted by Crippen LogP contribution is -2.17. The summed E-state index contributed by atoms with van der Waals surface area (Å²) in [6, 6.07) is 20.4. The van der Waals surface area contributed by atoms with Crippen molar-refractivity contribution in [3.05, 3.63) is 60.7 Å². The molecule has 0 amide bonds. The van der Waals surface area contributed by atoms with Crippen LogP contribution >= 0.6 is 30.7 Å². The third-order valence-corrected chi connectivity index (χ3v) is 5.53. The fourth-order valence-electron chi connectivity index (χ4n) is 1.55. The van der Waals surface area contributed by atoms with Gasteiger partial charge in [-0.3, -0.25) is 0 Å². The molecule has 0 atom stereocenters. The van der Waals surface area contributed by atoms with Gasteiger partial charge in [-0.05, 0) is 18.4 Å². The Morgan fingerprint density at radius 2 is 1.06 bits per heavy atom. The standard InChI is InChI=1S/C12H10BCl2P/c14-13(15)16(11-7-3-1-4-8-11)12-9-5-2-6-10-12/h1-10H. The molecule has 0 radical (unpaired) electrons. The van der Waals surface area contributed by atoms with Crippen molar-refractivity contribution in [1.29, 1.82) is 0 Å². The second-order valence-electron chi connectivity index (χ2n) is 3.32. The number of halogens is 2. The highest BCUT2D eigenvalue weighted by atomic mass is 35.5. The molecule has 0 fully saturated rings. The number of hydrogen-bond acceptors (Lipinski definition) is 0. The molecule has 4 heteroatoms. The minimum Gasteiger partial charge on any atom is -0.164 e. The Bertz CT molecular complexity index is 394. The van der Waals surface area contributed by atoms with Crippen LogP contribution in [0.4, 0.5) is 0 Å². The third-order valence-electron chi connectivity index (χ3n) is 2.26. The second-order valence-corrected chi connectivity index (χ2v) is 7.31. The van der Waals surface area contributed by atoms with Crippen LogP contribution in [0.1, 0.15) is 0 Å². The molecule has 2 aromatic rings. The summed E-state index contributed by atoms with van der Waals surface area (Å²) in [5.41, 5.74) is 0. The van der Waals surface area contributed by atoms with Gasteiger partial charge in [0.2, 0.25) is 0 Å². The van der Waals surface area contributed by atoms with Crippen molar-refractivity contribution in [2.45, 2.75) is 0 Å². The molecule has 16 heavy (non-hydrogen) atoms. The molecule has 0 spiro atoms. The third kappa shape index (κ3) is 2.80. The molecule has 0 aliphatic carbocycles. The zero-order valence-electron chi connectivity index (χ0n) is 8.55. The maximum atomic E-state index is 6.11. The number of benzene rings is 2. The van der Waals surface area contributed by atoms with E-state index in [-0.39, 0.29) is 5.26 Å². The van der Waals surface area contributed by atoms with E-state index in [1.807, 2.05) is 36.4 Å². The summed E-state index contributed by atoms with van der Waals surface area (Å²) < 4.78 is 0. The second kappa shape index (κ2) is 5.73. The van der Waals surface area contributed by atoms with Crippen LogP contribution in [0.15, 0.2) is 60.7 Å². The summed E-state index contributed by atoms with van der Waals surface area (Å²) in [6.45, 7) is 0. The Balaban J connectivity index is 2.40. The van der Waals surface area contributed by atoms with E-state index < -0.39 is 7.80 Å². The molecule has 0 unspecified atom stereocenters. The fraction of sp³-hybridized carbons (Fsp3) is 0. The molecule has 0 N–H and O–H groups in total. The van der Waals surface area contributed by atoms with Gasteiger partial charge in [-0.2, -0.15) is 22.9 Å². The largest absolute Gasteiger partial charge is 0.386 e. The smallest absolute Gasteiger partial charge is 0.164 e. The average molecular weight is 267 g/mol. The van der Waals surface area contributed by atoms with E-state index in [4.69, 9.17) is 22.9 Å². The van der Waals surface area contributed by atoms with E-state index in [2.05, 4.69) is 24.3 Å². The van der Waals surface area contributed by atoms with Gasteiger partial charge in [0.1, 0.15) is 0 Å². The van der Waals surface area contributed by atoms with Gasteiger partial charge in [0, 0.05) is 0 Å². The van der Waals surface area contributed by atoms with Crippen LogP contribution in [0.25, 0.3) is 0 Å². The van der Waals surface area contributed by atoms with E-state index in [0.717, 1.165) is 0 Å². The van der Waals surface area contributed by atoms with E-state index in [0.29, 0.717) is 0 Å². The Morgan fingerprint density at radius 1 is 0.688 bits per heavy atom. The molecule has 0 heterocycles. The molecule has 2 rings (SSSR count). The normalized spacial score (nSPS) is 10.4.